The molecule has 0 heterocycles. The molecule has 0 aliphatic heterocycles. The van der Waals surface area contributed by atoms with Gasteiger partial charge in [0, 0.05) is 13.1 Å². The zero-order chi connectivity index (χ0) is 28.7. The molecule has 0 radical (unpaired) electrons. The third kappa shape index (κ3) is 6.10. The molecule has 0 unspecified atom stereocenters. The highest BCUT2D eigenvalue weighted by Crippen LogP contribution is 2.29. The zero-order valence-corrected chi connectivity index (χ0v) is 23.3. The maximum atomic E-state index is 12.5. The SMILES string of the molecule is O=C(COCCOCC(=O)NCc1c2ccccc2cc2ccccc12)NCc1c2ccccc2cc2ccccc12. The average molecular weight is 557 g/mol. The maximum Gasteiger partial charge on any atom is 0.246 e. The molecule has 0 saturated carbocycles. The molecule has 0 atom stereocenters. The molecule has 6 nitrogen and oxygen atoms in total. The zero-order valence-electron chi connectivity index (χ0n) is 23.3. The highest BCUT2D eigenvalue weighted by molar-refractivity contribution is 6.03. The van der Waals surface area contributed by atoms with Gasteiger partial charge in [0.15, 0.2) is 0 Å². The Morgan fingerprint density at radius 3 is 1.12 bits per heavy atom. The van der Waals surface area contributed by atoms with Crippen LogP contribution in [0, 0.1) is 0 Å². The monoisotopic (exact) mass is 556 g/mol. The molecule has 6 heteroatoms. The van der Waals surface area contributed by atoms with E-state index in [0.717, 1.165) is 54.2 Å². The number of hydrogen-bond acceptors (Lipinski definition) is 4. The second kappa shape index (κ2) is 12.8. The summed E-state index contributed by atoms with van der Waals surface area (Å²) >= 11 is 0. The van der Waals surface area contributed by atoms with E-state index < -0.39 is 0 Å². The van der Waals surface area contributed by atoms with Crippen molar-refractivity contribution in [3.05, 3.63) is 120 Å². The molecule has 0 saturated heterocycles. The van der Waals surface area contributed by atoms with Crippen molar-refractivity contribution in [3.63, 3.8) is 0 Å². The first-order valence-corrected chi connectivity index (χ1v) is 14.1. The van der Waals surface area contributed by atoms with Gasteiger partial charge >= 0.3 is 0 Å². The standard InChI is InChI=1S/C36H32N2O4/c39-35(37-21-33-29-13-5-1-9-25(29)19-26-10-2-6-14-30(26)33)23-41-17-18-42-24-36(40)38-22-34-31-15-7-3-11-27(31)20-28-12-4-8-16-32(28)34/h1-16,19-20H,17-18,21-24H2,(H,37,39)(H,38,40). The number of rotatable bonds is 11. The van der Waals surface area contributed by atoms with E-state index in [1.165, 1.54) is 0 Å². The van der Waals surface area contributed by atoms with Gasteiger partial charge in [0.05, 0.1) is 13.2 Å². The molecule has 6 rings (SSSR count). The third-order valence-corrected chi connectivity index (χ3v) is 7.53. The Kier molecular flexibility index (Phi) is 8.36. The van der Waals surface area contributed by atoms with Gasteiger partial charge in [0.25, 0.3) is 0 Å². The third-order valence-electron chi connectivity index (χ3n) is 7.53. The minimum Gasteiger partial charge on any atom is -0.369 e. The van der Waals surface area contributed by atoms with E-state index in [1.807, 2.05) is 48.5 Å². The number of ether oxygens (including phenoxy) is 2. The molecule has 0 spiro atoms. The van der Waals surface area contributed by atoms with Crippen LogP contribution in [0.2, 0.25) is 0 Å². The van der Waals surface area contributed by atoms with Gasteiger partial charge in [-0.05, 0) is 66.3 Å². The first-order valence-electron chi connectivity index (χ1n) is 14.1. The summed E-state index contributed by atoms with van der Waals surface area (Å²) < 4.78 is 11.0. The van der Waals surface area contributed by atoms with Gasteiger partial charge in [0.1, 0.15) is 13.2 Å². The highest BCUT2D eigenvalue weighted by atomic mass is 16.5. The van der Waals surface area contributed by atoms with Crippen LogP contribution in [0.1, 0.15) is 11.1 Å². The molecule has 42 heavy (non-hydrogen) atoms. The number of hydrogen-bond donors (Lipinski definition) is 2. The van der Waals surface area contributed by atoms with Crippen LogP contribution < -0.4 is 10.6 Å². The Balaban J connectivity index is 0.945. The summed E-state index contributed by atoms with van der Waals surface area (Å²) in [5, 5.41) is 15.0. The lowest BCUT2D eigenvalue weighted by molar-refractivity contribution is -0.129. The lowest BCUT2D eigenvalue weighted by Gasteiger charge is -2.13. The summed E-state index contributed by atoms with van der Waals surface area (Å²) in [7, 11) is 0. The van der Waals surface area contributed by atoms with Crippen LogP contribution in [-0.4, -0.2) is 38.2 Å². The number of fused-ring (bicyclic) bond motifs is 4. The van der Waals surface area contributed by atoms with Crippen LogP contribution in [0.15, 0.2) is 109 Å². The normalized spacial score (nSPS) is 11.3. The first kappa shape index (κ1) is 27.4. The van der Waals surface area contributed by atoms with Crippen molar-refractivity contribution in [2.45, 2.75) is 13.1 Å². The summed E-state index contributed by atoms with van der Waals surface area (Å²) in [5.74, 6) is -0.404. The molecule has 0 aliphatic rings. The number of amides is 2. The molecule has 6 aromatic rings. The fourth-order valence-electron chi connectivity index (χ4n) is 5.52. The quantitative estimate of drug-likeness (QED) is 0.146. The number of nitrogens with one attached hydrogen (secondary N) is 2. The first-order chi connectivity index (χ1) is 20.7. The minimum absolute atomic E-state index is 0.0770. The van der Waals surface area contributed by atoms with Gasteiger partial charge in [0.2, 0.25) is 11.8 Å². The van der Waals surface area contributed by atoms with E-state index in [9.17, 15) is 9.59 Å². The Morgan fingerprint density at radius 1 is 0.476 bits per heavy atom. The molecule has 0 fully saturated rings. The Morgan fingerprint density at radius 2 is 0.786 bits per heavy atom. The smallest absolute Gasteiger partial charge is 0.246 e. The second-order valence-corrected chi connectivity index (χ2v) is 10.3. The number of benzene rings is 6. The molecule has 0 aliphatic carbocycles. The van der Waals surface area contributed by atoms with Crippen LogP contribution in [0.25, 0.3) is 43.1 Å². The van der Waals surface area contributed by atoms with Crippen molar-refractivity contribution in [1.29, 1.82) is 0 Å². The molecule has 210 valence electrons. The summed E-state index contributed by atoms with van der Waals surface area (Å²) in [6.45, 7) is 1.09. The molecular formula is C36H32N2O4. The molecule has 6 aromatic carbocycles. The van der Waals surface area contributed by atoms with E-state index in [0.29, 0.717) is 13.1 Å². The van der Waals surface area contributed by atoms with Crippen molar-refractivity contribution in [2.75, 3.05) is 26.4 Å². The van der Waals surface area contributed by atoms with Gasteiger partial charge in [-0.2, -0.15) is 0 Å². The largest absolute Gasteiger partial charge is 0.369 e. The lowest BCUT2D eigenvalue weighted by Crippen LogP contribution is -2.29. The maximum absolute atomic E-state index is 12.5. The number of carbonyl (C=O) groups is 2. The average Bonchev–Trinajstić information content (AvgIpc) is 3.02. The van der Waals surface area contributed by atoms with Crippen molar-refractivity contribution in [2.24, 2.45) is 0 Å². The molecule has 2 amide bonds. The van der Waals surface area contributed by atoms with Crippen LogP contribution in [0.5, 0.6) is 0 Å². The van der Waals surface area contributed by atoms with E-state index >= 15 is 0 Å². The predicted octanol–water partition coefficient (Wildman–Crippen LogP) is 6.27. The fraction of sp³-hybridized carbons (Fsp3) is 0.167. The summed E-state index contributed by atoms with van der Waals surface area (Å²) in [6.07, 6.45) is 0. The van der Waals surface area contributed by atoms with Gasteiger partial charge in [-0.1, -0.05) is 97.1 Å². The Bertz CT molecular complexity index is 1650. The second-order valence-electron chi connectivity index (χ2n) is 10.3. The van der Waals surface area contributed by atoms with E-state index in [-0.39, 0.29) is 38.2 Å². The van der Waals surface area contributed by atoms with Crippen molar-refractivity contribution in [1.82, 2.24) is 10.6 Å². The van der Waals surface area contributed by atoms with Crippen molar-refractivity contribution < 1.29 is 19.1 Å². The van der Waals surface area contributed by atoms with Gasteiger partial charge in [-0.25, -0.2) is 0 Å². The molecule has 0 bridgehead atoms. The van der Waals surface area contributed by atoms with Gasteiger partial charge in [-0.3, -0.25) is 9.59 Å². The fourth-order valence-corrected chi connectivity index (χ4v) is 5.52. The van der Waals surface area contributed by atoms with E-state index in [1.54, 1.807) is 0 Å². The topological polar surface area (TPSA) is 76.7 Å². The van der Waals surface area contributed by atoms with Crippen molar-refractivity contribution >= 4 is 54.9 Å². The van der Waals surface area contributed by atoms with Crippen LogP contribution >= 0.6 is 0 Å². The lowest BCUT2D eigenvalue weighted by atomic mass is 9.97. The van der Waals surface area contributed by atoms with Crippen LogP contribution in [-0.2, 0) is 32.2 Å². The van der Waals surface area contributed by atoms with Gasteiger partial charge < -0.3 is 20.1 Å². The Labute approximate surface area is 244 Å². The van der Waals surface area contributed by atoms with Crippen LogP contribution in [0.4, 0.5) is 0 Å². The van der Waals surface area contributed by atoms with Crippen molar-refractivity contribution in [3.8, 4) is 0 Å². The number of carbonyl (C=O) groups excluding carboxylic acids is 2. The van der Waals surface area contributed by atoms with E-state index in [2.05, 4.69) is 71.3 Å². The van der Waals surface area contributed by atoms with E-state index in [4.69, 9.17) is 9.47 Å². The Hall–Kier alpha value is -4.78. The highest BCUT2D eigenvalue weighted by Gasteiger charge is 2.11. The molecule has 0 aromatic heterocycles. The minimum atomic E-state index is -0.202. The summed E-state index contributed by atoms with van der Waals surface area (Å²) in [5.41, 5.74) is 2.17. The van der Waals surface area contributed by atoms with Gasteiger partial charge in [-0.15, -0.1) is 0 Å². The summed E-state index contributed by atoms with van der Waals surface area (Å²) in [4.78, 5) is 25.0. The molecular weight excluding hydrogens is 524 g/mol. The van der Waals surface area contributed by atoms with Crippen LogP contribution in [0.3, 0.4) is 0 Å². The summed E-state index contributed by atoms with van der Waals surface area (Å²) in [6, 6.07) is 37.1. The predicted molar refractivity (Wildman–Crippen MR) is 168 cm³/mol. The molecule has 2 N–H and O–H groups in total.